The number of carbonyl (C=O) groups excluding carboxylic acids is 1. The molecule has 5 heteroatoms. The van der Waals surface area contributed by atoms with E-state index in [0.717, 1.165) is 16.3 Å². The van der Waals surface area contributed by atoms with Crippen LogP contribution in [-0.4, -0.2) is 10.9 Å². The molecule has 0 unspecified atom stereocenters. The fourth-order valence-corrected chi connectivity index (χ4v) is 3.72. The lowest BCUT2D eigenvalue weighted by Crippen LogP contribution is -2.24. The van der Waals surface area contributed by atoms with Crippen LogP contribution in [0.4, 0.5) is 0 Å². The number of thiophene rings is 1. The Bertz CT molecular complexity index is 720. The molecule has 3 rings (SSSR count). The van der Waals surface area contributed by atoms with Gasteiger partial charge in [0.2, 0.25) is 5.91 Å². The molecule has 112 valence electrons. The van der Waals surface area contributed by atoms with Crippen molar-refractivity contribution >= 4 is 28.6 Å². The summed E-state index contributed by atoms with van der Waals surface area (Å²) in [5.41, 5.74) is 1.28. The van der Waals surface area contributed by atoms with Gasteiger partial charge in [-0.1, -0.05) is 36.4 Å². The second-order valence-corrected chi connectivity index (χ2v) is 7.15. The normalized spacial score (nSPS) is 10.5. The van der Waals surface area contributed by atoms with Crippen molar-refractivity contribution in [3.63, 3.8) is 0 Å². The van der Waals surface area contributed by atoms with Gasteiger partial charge in [0.15, 0.2) is 0 Å². The molecule has 22 heavy (non-hydrogen) atoms. The second-order valence-electron chi connectivity index (χ2n) is 4.92. The molecule has 2 heterocycles. The van der Waals surface area contributed by atoms with Gasteiger partial charge in [-0.2, -0.15) is 0 Å². The first-order valence-corrected chi connectivity index (χ1v) is 8.76. The maximum atomic E-state index is 11.9. The van der Waals surface area contributed by atoms with Crippen LogP contribution in [-0.2, 0) is 24.2 Å². The number of carbonyl (C=O) groups is 1. The molecule has 0 saturated heterocycles. The van der Waals surface area contributed by atoms with Crippen LogP contribution < -0.4 is 5.32 Å². The predicted octanol–water partition coefficient (Wildman–Crippen LogP) is 3.65. The van der Waals surface area contributed by atoms with Gasteiger partial charge in [-0.15, -0.1) is 22.7 Å². The number of nitrogens with one attached hydrogen (secondary N) is 1. The van der Waals surface area contributed by atoms with E-state index in [9.17, 15) is 4.79 Å². The summed E-state index contributed by atoms with van der Waals surface area (Å²) < 4.78 is 0. The van der Waals surface area contributed by atoms with Gasteiger partial charge in [0.25, 0.3) is 0 Å². The summed E-state index contributed by atoms with van der Waals surface area (Å²) in [5, 5.41) is 5.86. The van der Waals surface area contributed by atoms with Crippen LogP contribution >= 0.6 is 22.7 Å². The van der Waals surface area contributed by atoms with Gasteiger partial charge in [0, 0.05) is 22.4 Å². The van der Waals surface area contributed by atoms with Gasteiger partial charge < -0.3 is 5.32 Å². The zero-order valence-electron chi connectivity index (χ0n) is 12.0. The molecule has 1 aromatic carbocycles. The van der Waals surface area contributed by atoms with Crippen molar-refractivity contribution in [3.8, 4) is 0 Å². The Kier molecular flexibility index (Phi) is 4.98. The number of benzene rings is 1. The van der Waals surface area contributed by atoms with Crippen LogP contribution in [0.1, 0.15) is 20.3 Å². The van der Waals surface area contributed by atoms with Crippen molar-refractivity contribution < 1.29 is 4.79 Å². The third-order valence-corrected chi connectivity index (χ3v) is 5.05. The molecule has 0 aliphatic carbocycles. The van der Waals surface area contributed by atoms with Gasteiger partial charge in [0.05, 0.1) is 13.0 Å². The summed E-state index contributed by atoms with van der Waals surface area (Å²) in [4.78, 5) is 18.5. The number of hydrogen-bond donors (Lipinski definition) is 1. The minimum absolute atomic E-state index is 0.0438. The van der Waals surface area contributed by atoms with Crippen LogP contribution in [0.2, 0.25) is 0 Å². The van der Waals surface area contributed by atoms with Gasteiger partial charge in [-0.25, -0.2) is 4.98 Å². The molecule has 0 saturated carbocycles. The lowest BCUT2D eigenvalue weighted by molar-refractivity contribution is -0.120. The average molecular weight is 328 g/mol. The Hall–Kier alpha value is -1.98. The minimum Gasteiger partial charge on any atom is -0.349 e. The molecule has 3 nitrogen and oxygen atoms in total. The van der Waals surface area contributed by atoms with Crippen LogP contribution in [0.3, 0.4) is 0 Å². The Balaban J connectivity index is 1.50. The van der Waals surface area contributed by atoms with Crippen LogP contribution in [0.25, 0.3) is 0 Å². The van der Waals surface area contributed by atoms with E-state index >= 15 is 0 Å². The van der Waals surface area contributed by atoms with E-state index in [4.69, 9.17) is 0 Å². The molecule has 0 aliphatic heterocycles. The third-order valence-electron chi connectivity index (χ3n) is 3.17. The number of hydrogen-bond acceptors (Lipinski definition) is 4. The monoisotopic (exact) mass is 328 g/mol. The molecule has 1 amide bonds. The highest BCUT2D eigenvalue weighted by Crippen LogP contribution is 2.17. The molecule has 0 atom stereocenters. The molecule has 1 N–H and O–H groups in total. The third kappa shape index (κ3) is 4.26. The first-order valence-electron chi connectivity index (χ1n) is 7.06. The van der Waals surface area contributed by atoms with Gasteiger partial charge in [0.1, 0.15) is 5.01 Å². The highest BCUT2D eigenvalue weighted by Gasteiger charge is 2.07. The molecule has 0 radical (unpaired) electrons. The Morgan fingerprint density at radius 1 is 1.09 bits per heavy atom. The van der Waals surface area contributed by atoms with Crippen molar-refractivity contribution in [3.05, 3.63) is 74.4 Å². The highest BCUT2D eigenvalue weighted by molar-refractivity contribution is 7.11. The van der Waals surface area contributed by atoms with Crippen LogP contribution in [0.5, 0.6) is 0 Å². The summed E-state index contributed by atoms with van der Waals surface area (Å²) in [6.07, 6.45) is 3.24. The molecular formula is C17H16N2OS2. The zero-order chi connectivity index (χ0) is 15.2. The van der Waals surface area contributed by atoms with Crippen molar-refractivity contribution in [2.75, 3.05) is 0 Å². The number of nitrogens with zero attached hydrogens (tertiary/aromatic N) is 1. The standard InChI is InChI=1S/C17H16N2OS2/c20-16(10-14-7-4-8-21-14)18-12-17-19-11-15(22-17)9-13-5-2-1-3-6-13/h1-8,11H,9-10,12H2,(H,18,20). The highest BCUT2D eigenvalue weighted by atomic mass is 32.1. The number of amides is 1. The molecule has 0 spiro atoms. The SMILES string of the molecule is O=C(Cc1cccs1)NCc1ncc(Cc2ccccc2)s1. The average Bonchev–Trinajstić information content (AvgIpc) is 3.18. The maximum absolute atomic E-state index is 11.9. The lowest BCUT2D eigenvalue weighted by atomic mass is 10.1. The number of aromatic nitrogens is 1. The first kappa shape index (κ1) is 14.9. The molecular weight excluding hydrogens is 312 g/mol. The van der Waals surface area contributed by atoms with E-state index in [1.54, 1.807) is 22.7 Å². The summed E-state index contributed by atoms with van der Waals surface area (Å²) in [5.74, 6) is 0.0438. The van der Waals surface area contributed by atoms with E-state index < -0.39 is 0 Å². The second kappa shape index (κ2) is 7.33. The van der Waals surface area contributed by atoms with Gasteiger partial charge >= 0.3 is 0 Å². The fourth-order valence-electron chi connectivity index (χ4n) is 2.12. The van der Waals surface area contributed by atoms with Crippen LogP contribution in [0.15, 0.2) is 54.0 Å². The summed E-state index contributed by atoms with van der Waals surface area (Å²) in [6, 6.07) is 14.3. The smallest absolute Gasteiger partial charge is 0.225 e. The van der Waals surface area contributed by atoms with E-state index in [0.29, 0.717) is 13.0 Å². The molecule has 0 aliphatic rings. The van der Waals surface area contributed by atoms with Crippen LogP contribution in [0, 0.1) is 0 Å². The number of rotatable bonds is 6. The summed E-state index contributed by atoms with van der Waals surface area (Å²) in [7, 11) is 0. The quantitative estimate of drug-likeness (QED) is 0.750. The van der Waals surface area contributed by atoms with Gasteiger partial charge in [-0.05, 0) is 17.0 Å². The number of thiazole rings is 1. The van der Waals surface area contributed by atoms with E-state index in [1.807, 2.05) is 41.9 Å². The molecule has 0 bridgehead atoms. The van der Waals surface area contributed by atoms with E-state index in [2.05, 4.69) is 22.4 Å². The lowest BCUT2D eigenvalue weighted by Gasteiger charge is -2.01. The van der Waals surface area contributed by atoms with E-state index in [-0.39, 0.29) is 5.91 Å². The van der Waals surface area contributed by atoms with Crippen molar-refractivity contribution in [1.29, 1.82) is 0 Å². The van der Waals surface area contributed by atoms with E-state index in [1.165, 1.54) is 10.4 Å². The van der Waals surface area contributed by atoms with Crippen molar-refractivity contribution in [2.24, 2.45) is 0 Å². The predicted molar refractivity (Wildman–Crippen MR) is 91.2 cm³/mol. The molecule has 2 aromatic heterocycles. The minimum atomic E-state index is 0.0438. The largest absolute Gasteiger partial charge is 0.349 e. The van der Waals surface area contributed by atoms with Crippen molar-refractivity contribution in [1.82, 2.24) is 10.3 Å². The summed E-state index contributed by atoms with van der Waals surface area (Å²) >= 11 is 3.26. The van der Waals surface area contributed by atoms with Crippen molar-refractivity contribution in [2.45, 2.75) is 19.4 Å². The fraction of sp³-hybridized carbons (Fsp3) is 0.176. The zero-order valence-corrected chi connectivity index (χ0v) is 13.6. The topological polar surface area (TPSA) is 42.0 Å². The molecule has 3 aromatic rings. The Morgan fingerprint density at radius 2 is 1.95 bits per heavy atom. The summed E-state index contributed by atoms with van der Waals surface area (Å²) in [6.45, 7) is 0.504. The molecule has 0 fully saturated rings. The Morgan fingerprint density at radius 3 is 2.73 bits per heavy atom. The first-order chi connectivity index (χ1) is 10.8. The Labute approximate surface area is 137 Å². The maximum Gasteiger partial charge on any atom is 0.225 e. The van der Waals surface area contributed by atoms with Gasteiger partial charge in [-0.3, -0.25) is 4.79 Å².